The summed E-state index contributed by atoms with van der Waals surface area (Å²) in [7, 11) is 4.52. The Labute approximate surface area is 173 Å². The molecule has 0 fully saturated rings. The van der Waals surface area contributed by atoms with Gasteiger partial charge in [-0.3, -0.25) is 14.7 Å². The summed E-state index contributed by atoms with van der Waals surface area (Å²) in [5.74, 6) is 0.700. The number of aromatic amines is 1. The largest absolute Gasteiger partial charge is 0.494 e. The number of ether oxygens (including phenoxy) is 3. The van der Waals surface area contributed by atoms with Crippen LogP contribution in [0.5, 0.6) is 17.2 Å². The number of amides is 1. The van der Waals surface area contributed by atoms with E-state index in [1.807, 2.05) is 6.92 Å². The monoisotopic (exact) mass is 410 g/mol. The number of methoxy groups -OCH3 is 3. The fraction of sp³-hybridized carbons (Fsp3) is 0.238. The van der Waals surface area contributed by atoms with Gasteiger partial charge in [-0.15, -0.1) is 0 Å². The van der Waals surface area contributed by atoms with Gasteiger partial charge in [0.1, 0.15) is 17.1 Å². The fourth-order valence-corrected chi connectivity index (χ4v) is 2.88. The molecule has 0 aliphatic heterocycles. The van der Waals surface area contributed by atoms with Crippen molar-refractivity contribution in [2.75, 3.05) is 27.9 Å². The highest BCUT2D eigenvalue weighted by Crippen LogP contribution is 2.30. The second-order valence-electron chi connectivity index (χ2n) is 6.33. The van der Waals surface area contributed by atoms with E-state index in [-0.39, 0.29) is 18.0 Å². The molecule has 2 heterocycles. The number of aryl methyl sites for hydroxylation is 1. The van der Waals surface area contributed by atoms with Crippen LogP contribution in [-0.2, 0) is 0 Å². The SMILES string of the molecule is COc1ccc(C(=O)NCC(=O)c2ccc(OC)c(-c3cn[nH]c3C)n2)cc1OC. The number of ketones is 1. The number of hydrogen-bond donors (Lipinski definition) is 2. The van der Waals surface area contributed by atoms with Crippen molar-refractivity contribution >= 4 is 11.7 Å². The summed E-state index contributed by atoms with van der Waals surface area (Å²) in [5.41, 5.74) is 2.58. The molecule has 9 heteroatoms. The van der Waals surface area contributed by atoms with Crippen molar-refractivity contribution in [2.45, 2.75) is 6.92 Å². The molecule has 1 amide bonds. The van der Waals surface area contributed by atoms with Crippen LogP contribution in [0.1, 0.15) is 26.5 Å². The van der Waals surface area contributed by atoms with Crippen LogP contribution in [0.25, 0.3) is 11.3 Å². The Morgan fingerprint density at radius 1 is 1.00 bits per heavy atom. The van der Waals surface area contributed by atoms with E-state index in [0.717, 1.165) is 11.3 Å². The van der Waals surface area contributed by atoms with Gasteiger partial charge in [0.2, 0.25) is 0 Å². The molecule has 0 radical (unpaired) electrons. The van der Waals surface area contributed by atoms with Gasteiger partial charge in [-0.2, -0.15) is 5.10 Å². The molecular formula is C21H22N4O5. The molecule has 0 aliphatic rings. The molecule has 30 heavy (non-hydrogen) atoms. The molecule has 2 N–H and O–H groups in total. The standard InChI is InChI=1S/C21H22N4O5/c1-12-14(10-23-25-12)20-18(29-3)8-6-15(24-20)16(26)11-22-21(27)13-5-7-17(28-2)19(9-13)30-4/h5-10H,11H2,1-4H3,(H,22,27)(H,23,25). The number of Topliss-reactive ketones (excluding diaryl/α,β-unsaturated/α-hetero) is 1. The Morgan fingerprint density at radius 2 is 1.70 bits per heavy atom. The second-order valence-corrected chi connectivity index (χ2v) is 6.33. The Bertz CT molecular complexity index is 1080. The van der Waals surface area contributed by atoms with E-state index < -0.39 is 5.91 Å². The van der Waals surface area contributed by atoms with E-state index in [0.29, 0.717) is 28.5 Å². The van der Waals surface area contributed by atoms with Gasteiger partial charge in [0.25, 0.3) is 5.91 Å². The maximum atomic E-state index is 12.6. The summed E-state index contributed by atoms with van der Waals surface area (Å²) in [6, 6.07) is 7.98. The van der Waals surface area contributed by atoms with E-state index in [1.165, 1.54) is 21.3 Å². The summed E-state index contributed by atoms with van der Waals surface area (Å²) in [4.78, 5) is 29.5. The first-order valence-electron chi connectivity index (χ1n) is 9.07. The summed E-state index contributed by atoms with van der Waals surface area (Å²) >= 11 is 0. The zero-order valence-corrected chi connectivity index (χ0v) is 17.1. The number of hydrogen-bond acceptors (Lipinski definition) is 7. The smallest absolute Gasteiger partial charge is 0.251 e. The van der Waals surface area contributed by atoms with Crippen molar-refractivity contribution in [2.24, 2.45) is 0 Å². The third-order valence-corrected chi connectivity index (χ3v) is 4.50. The molecular weight excluding hydrogens is 388 g/mol. The van der Waals surface area contributed by atoms with E-state index in [1.54, 1.807) is 36.5 Å². The normalized spacial score (nSPS) is 10.4. The number of rotatable bonds is 8. The Kier molecular flexibility index (Phi) is 6.31. The van der Waals surface area contributed by atoms with E-state index in [4.69, 9.17) is 14.2 Å². The highest BCUT2D eigenvalue weighted by Gasteiger charge is 2.17. The third kappa shape index (κ3) is 4.24. The molecule has 9 nitrogen and oxygen atoms in total. The van der Waals surface area contributed by atoms with Crippen LogP contribution in [0.2, 0.25) is 0 Å². The number of pyridine rings is 1. The lowest BCUT2D eigenvalue weighted by Gasteiger charge is -2.11. The van der Waals surface area contributed by atoms with Crippen LogP contribution in [0, 0.1) is 6.92 Å². The van der Waals surface area contributed by atoms with Gasteiger partial charge >= 0.3 is 0 Å². The van der Waals surface area contributed by atoms with E-state index >= 15 is 0 Å². The van der Waals surface area contributed by atoms with Crippen LogP contribution in [0.15, 0.2) is 36.5 Å². The molecule has 2 aromatic heterocycles. The average molecular weight is 410 g/mol. The number of carbonyl (C=O) groups excluding carboxylic acids is 2. The molecule has 0 spiro atoms. The molecule has 0 saturated heterocycles. The highest BCUT2D eigenvalue weighted by atomic mass is 16.5. The first kappa shape index (κ1) is 20.8. The molecule has 3 aromatic rings. The lowest BCUT2D eigenvalue weighted by molar-refractivity contribution is 0.0902. The summed E-state index contributed by atoms with van der Waals surface area (Å²) in [6.45, 7) is 1.64. The van der Waals surface area contributed by atoms with Gasteiger partial charge in [-0.05, 0) is 37.3 Å². The number of benzene rings is 1. The van der Waals surface area contributed by atoms with Gasteiger partial charge in [0.15, 0.2) is 17.3 Å². The Morgan fingerprint density at radius 3 is 2.33 bits per heavy atom. The molecule has 0 saturated carbocycles. The number of H-pyrrole nitrogens is 1. The summed E-state index contributed by atoms with van der Waals surface area (Å²) < 4.78 is 15.7. The van der Waals surface area contributed by atoms with Gasteiger partial charge in [-0.1, -0.05) is 0 Å². The first-order chi connectivity index (χ1) is 14.5. The Balaban J connectivity index is 1.75. The lowest BCUT2D eigenvalue weighted by Crippen LogP contribution is -2.30. The van der Waals surface area contributed by atoms with Crippen LogP contribution in [0.3, 0.4) is 0 Å². The maximum absolute atomic E-state index is 12.6. The van der Waals surface area contributed by atoms with Gasteiger partial charge < -0.3 is 19.5 Å². The molecule has 156 valence electrons. The van der Waals surface area contributed by atoms with Crippen molar-refractivity contribution in [3.05, 3.63) is 53.5 Å². The number of nitrogens with one attached hydrogen (secondary N) is 2. The number of carbonyl (C=O) groups is 2. The van der Waals surface area contributed by atoms with Crippen molar-refractivity contribution < 1.29 is 23.8 Å². The maximum Gasteiger partial charge on any atom is 0.251 e. The van der Waals surface area contributed by atoms with Gasteiger partial charge in [0, 0.05) is 16.8 Å². The number of nitrogens with zero attached hydrogens (tertiary/aromatic N) is 2. The van der Waals surface area contributed by atoms with Gasteiger partial charge in [0.05, 0.1) is 34.1 Å². The fourth-order valence-electron chi connectivity index (χ4n) is 2.88. The van der Waals surface area contributed by atoms with Crippen molar-refractivity contribution in [1.82, 2.24) is 20.5 Å². The van der Waals surface area contributed by atoms with Crippen molar-refractivity contribution in [3.8, 4) is 28.5 Å². The molecule has 3 rings (SSSR count). The third-order valence-electron chi connectivity index (χ3n) is 4.50. The van der Waals surface area contributed by atoms with E-state index in [2.05, 4.69) is 20.5 Å². The topological polar surface area (TPSA) is 115 Å². The predicted octanol–water partition coefficient (Wildman–Crippen LogP) is 2.42. The van der Waals surface area contributed by atoms with Crippen molar-refractivity contribution in [1.29, 1.82) is 0 Å². The van der Waals surface area contributed by atoms with Crippen molar-refractivity contribution in [3.63, 3.8) is 0 Å². The Hall–Kier alpha value is -3.88. The second kappa shape index (κ2) is 9.08. The zero-order chi connectivity index (χ0) is 21.7. The summed E-state index contributed by atoms with van der Waals surface area (Å²) in [5, 5.41) is 9.43. The van der Waals surface area contributed by atoms with Gasteiger partial charge in [-0.25, -0.2) is 4.98 Å². The molecule has 0 unspecified atom stereocenters. The van der Waals surface area contributed by atoms with Crippen LogP contribution in [-0.4, -0.2) is 54.7 Å². The minimum absolute atomic E-state index is 0.207. The molecule has 1 aromatic carbocycles. The number of aromatic nitrogens is 3. The summed E-state index contributed by atoms with van der Waals surface area (Å²) in [6.07, 6.45) is 1.62. The molecule has 0 bridgehead atoms. The predicted molar refractivity (Wildman–Crippen MR) is 109 cm³/mol. The van der Waals surface area contributed by atoms with Crippen LogP contribution >= 0.6 is 0 Å². The minimum atomic E-state index is -0.413. The average Bonchev–Trinajstić information content (AvgIpc) is 3.21. The highest BCUT2D eigenvalue weighted by molar-refractivity contribution is 6.01. The zero-order valence-electron chi connectivity index (χ0n) is 17.1. The van der Waals surface area contributed by atoms with E-state index in [9.17, 15) is 9.59 Å². The minimum Gasteiger partial charge on any atom is -0.494 e. The quantitative estimate of drug-likeness (QED) is 0.548. The van der Waals surface area contributed by atoms with Crippen LogP contribution < -0.4 is 19.5 Å². The van der Waals surface area contributed by atoms with Crippen LogP contribution in [0.4, 0.5) is 0 Å². The first-order valence-corrected chi connectivity index (χ1v) is 9.07. The molecule has 0 atom stereocenters. The lowest BCUT2D eigenvalue weighted by atomic mass is 10.1. The molecule has 0 aliphatic carbocycles.